The number of carbonyl (C=O) groups is 11. The molecule has 1 fully saturated rings. The maximum atomic E-state index is 15.3. The van der Waals surface area contributed by atoms with Crippen LogP contribution < -0.4 is 21.3 Å². The topological polar surface area (TPSA) is 279 Å². The summed E-state index contributed by atoms with van der Waals surface area (Å²) in [4.78, 5) is 172. The fourth-order valence-corrected chi connectivity index (χ4v) is 12.1. The number of amides is 11. The summed E-state index contributed by atoms with van der Waals surface area (Å²) < 4.78 is 0. The maximum absolute atomic E-state index is 15.3. The van der Waals surface area contributed by atoms with Gasteiger partial charge in [0.25, 0.3) is 0 Å². The highest BCUT2D eigenvalue weighted by atomic mass is 32.2. The average Bonchev–Trinajstić information content (AvgIpc) is 0.969. The van der Waals surface area contributed by atoms with Gasteiger partial charge in [-0.15, -0.1) is 6.58 Å². The van der Waals surface area contributed by atoms with Crippen LogP contribution in [0.3, 0.4) is 0 Å². The first-order chi connectivity index (χ1) is 41.7. The van der Waals surface area contributed by atoms with Crippen molar-refractivity contribution in [3.63, 3.8) is 0 Å². The lowest BCUT2D eigenvalue weighted by molar-refractivity contribution is -0.157. The van der Waals surface area contributed by atoms with Crippen LogP contribution in [-0.2, 0) is 52.7 Å². The Morgan fingerprint density at radius 2 is 0.867 bits per heavy atom. The van der Waals surface area contributed by atoms with E-state index in [1.54, 1.807) is 60.6 Å². The molecule has 13 atom stereocenters. The third-order valence-corrected chi connectivity index (χ3v) is 17.9. The number of carbonyl (C=O) groups excluding carboxylic acids is 11. The summed E-state index contributed by atoms with van der Waals surface area (Å²) in [5.74, 6) is -9.41. The molecule has 11 amide bonds. The van der Waals surface area contributed by atoms with Gasteiger partial charge in [-0.1, -0.05) is 115 Å². The van der Waals surface area contributed by atoms with Crippen LogP contribution in [0.2, 0.25) is 0 Å². The van der Waals surface area contributed by atoms with E-state index in [1.807, 2.05) is 61.5 Å². The molecule has 23 nitrogen and oxygen atoms in total. The predicted molar refractivity (Wildman–Crippen MR) is 355 cm³/mol. The van der Waals surface area contributed by atoms with Crippen LogP contribution in [0, 0.1) is 41.4 Å². The van der Waals surface area contributed by atoms with Crippen LogP contribution in [-0.4, -0.2) is 238 Å². The zero-order valence-electron chi connectivity index (χ0n) is 59.0. The Kier molecular flexibility index (Phi) is 34.7. The SMILES string of the molecule is C=CCSCC1C(=O)N(C)[C@@H](CC(C)C)C(=O)N[C@@H](C(C)C)C(=O)N(C)[C@@H](CC(C)C)C(=O)N[C@@H](C)C(=O)N[C@H](C)C(=O)N(C)[C@@H](CC(C)C)C(=O)N(C)[C@@H](CC(C)C)C(=O)N(C)[C@@H](C(C)C)C(=O)N(C)C([C@H](O)[C@H](C)C/C=C/C)C(=O)N[C@@H](CC)C(=O)N1C. The van der Waals surface area contributed by atoms with Crippen LogP contribution in [0.15, 0.2) is 24.8 Å². The number of aliphatic hydroxyl groups is 1. The molecule has 90 heavy (non-hydrogen) atoms. The van der Waals surface area contributed by atoms with Gasteiger partial charge in [0.15, 0.2) is 0 Å². The molecule has 0 aromatic rings. The van der Waals surface area contributed by atoms with E-state index in [1.165, 1.54) is 104 Å². The van der Waals surface area contributed by atoms with Crippen molar-refractivity contribution in [1.29, 1.82) is 0 Å². The molecule has 0 saturated carbocycles. The average molecular weight is 1290 g/mol. The molecule has 0 aromatic carbocycles. The Morgan fingerprint density at radius 3 is 1.31 bits per heavy atom. The van der Waals surface area contributed by atoms with Crippen molar-refractivity contribution in [2.75, 3.05) is 60.8 Å². The van der Waals surface area contributed by atoms with E-state index in [0.29, 0.717) is 12.2 Å². The van der Waals surface area contributed by atoms with E-state index in [0.717, 1.165) is 4.90 Å². The Bertz CT molecular complexity index is 2470. The number of rotatable bonds is 19. The summed E-state index contributed by atoms with van der Waals surface area (Å²) in [5.41, 5.74) is 0. The first-order valence-corrected chi connectivity index (χ1v) is 33.4. The molecule has 0 radical (unpaired) electrons. The van der Waals surface area contributed by atoms with E-state index in [9.17, 15) is 33.9 Å². The van der Waals surface area contributed by atoms with E-state index >= 15 is 24.0 Å². The molecule has 0 spiro atoms. The first-order valence-electron chi connectivity index (χ1n) is 32.2. The molecule has 2 unspecified atom stereocenters. The molecular formula is C66H117N11O12S. The highest BCUT2D eigenvalue weighted by Crippen LogP contribution is 2.26. The lowest BCUT2D eigenvalue weighted by atomic mass is 9.91. The molecule has 0 bridgehead atoms. The molecule has 0 aromatic heterocycles. The maximum Gasteiger partial charge on any atom is 0.246 e. The van der Waals surface area contributed by atoms with Crippen LogP contribution in [0.25, 0.3) is 0 Å². The number of likely N-dealkylation sites (N-methyl/N-ethyl adjacent to an activating group) is 7. The number of aliphatic hydroxyl groups excluding tert-OH is 1. The molecule has 1 aliphatic heterocycles. The summed E-state index contributed by atoms with van der Waals surface area (Å²) >= 11 is 1.31. The third kappa shape index (κ3) is 23.0. The van der Waals surface area contributed by atoms with E-state index in [2.05, 4.69) is 27.8 Å². The molecule has 514 valence electrons. The molecule has 1 aliphatic rings. The number of nitrogens with zero attached hydrogens (tertiary/aromatic N) is 7. The standard InChI is InChI=1S/C66H117N11O12S/c1-26-29-30-43(16)55(78)54-59(82)69-46(28-3)61(84)75(23)51(36-90-31-27-2)64(87)71(19)48(33-38(6)7)58(81)70-52(41(12)13)65(88)72(20)47(32-37(4)5)57(80)67-44(17)56(79)68-45(18)60(83)73(21)49(34-39(8)9)62(85)74(22)50(35-40(10)11)63(86)76(24)53(42(14)15)66(89)77(54)25/h26-27,29,37-55,78H,2,28,30-36H2,1,3-25H3,(H,67,80)(H,68,79)(H,69,82)(H,70,81)/b29-26+/t43-,44+,45-,46+,47+,48+,49+,50+,51?,52+,53+,54?,55-/m1/s1. The van der Waals surface area contributed by atoms with E-state index < -0.39 is 155 Å². The zero-order chi connectivity index (χ0) is 69.7. The minimum absolute atomic E-state index is 0.00156. The predicted octanol–water partition coefficient (Wildman–Crippen LogP) is 4.56. The summed E-state index contributed by atoms with van der Waals surface area (Å²) in [6, 6.07) is -13.8. The Balaban J connectivity index is 4.50. The molecule has 0 aliphatic carbocycles. The van der Waals surface area contributed by atoms with Crippen molar-refractivity contribution >= 4 is 76.7 Å². The van der Waals surface area contributed by atoms with Crippen molar-refractivity contribution in [2.24, 2.45) is 41.4 Å². The van der Waals surface area contributed by atoms with Crippen LogP contribution in [0.4, 0.5) is 0 Å². The molecular weight excluding hydrogens is 1170 g/mol. The molecule has 24 heteroatoms. The smallest absolute Gasteiger partial charge is 0.246 e. The zero-order valence-corrected chi connectivity index (χ0v) is 59.9. The minimum Gasteiger partial charge on any atom is -0.390 e. The largest absolute Gasteiger partial charge is 0.390 e. The number of hydrogen-bond acceptors (Lipinski definition) is 13. The summed E-state index contributed by atoms with van der Waals surface area (Å²) in [5, 5.41) is 23.4. The second kappa shape index (κ2) is 38.1. The van der Waals surface area contributed by atoms with Crippen LogP contribution in [0.1, 0.15) is 156 Å². The number of nitrogens with one attached hydrogen (secondary N) is 4. The molecule has 1 saturated heterocycles. The highest BCUT2D eigenvalue weighted by Gasteiger charge is 2.46. The van der Waals surface area contributed by atoms with E-state index in [-0.39, 0.29) is 61.5 Å². The third-order valence-electron chi connectivity index (χ3n) is 16.9. The van der Waals surface area contributed by atoms with Crippen LogP contribution in [0.5, 0.6) is 0 Å². The van der Waals surface area contributed by atoms with E-state index in [4.69, 9.17) is 0 Å². The van der Waals surface area contributed by atoms with Gasteiger partial charge in [0.05, 0.1) is 6.10 Å². The number of thioether (sulfide) groups is 1. The first kappa shape index (κ1) is 82.0. The van der Waals surface area contributed by atoms with Crippen molar-refractivity contribution in [3.05, 3.63) is 24.8 Å². The van der Waals surface area contributed by atoms with Gasteiger partial charge in [-0.25, -0.2) is 0 Å². The van der Waals surface area contributed by atoms with Crippen molar-refractivity contribution in [2.45, 2.75) is 229 Å². The fraction of sp³-hybridized carbons (Fsp3) is 0.773. The monoisotopic (exact) mass is 1290 g/mol. The van der Waals surface area contributed by atoms with Gasteiger partial charge in [0, 0.05) is 60.8 Å². The van der Waals surface area contributed by atoms with Crippen LogP contribution >= 0.6 is 11.8 Å². The quantitative estimate of drug-likeness (QED) is 0.0878. The number of hydrogen-bond donors (Lipinski definition) is 5. The fourth-order valence-electron chi connectivity index (χ4n) is 11.2. The van der Waals surface area contributed by atoms with Gasteiger partial charge >= 0.3 is 0 Å². The van der Waals surface area contributed by atoms with Gasteiger partial charge in [0.2, 0.25) is 65.0 Å². The molecule has 1 heterocycles. The normalized spacial score (nSPS) is 26.9. The van der Waals surface area contributed by atoms with Gasteiger partial charge < -0.3 is 60.7 Å². The van der Waals surface area contributed by atoms with Gasteiger partial charge in [-0.3, -0.25) is 52.7 Å². The lowest BCUT2D eigenvalue weighted by Crippen LogP contribution is -2.64. The van der Waals surface area contributed by atoms with Gasteiger partial charge in [-0.2, -0.15) is 11.8 Å². The Hall–Kier alpha value is -6.04. The number of allylic oxidation sites excluding steroid dienone is 2. The summed E-state index contributed by atoms with van der Waals surface area (Å²) in [7, 11) is 10.0. The summed E-state index contributed by atoms with van der Waals surface area (Å²) in [6.45, 7) is 33.8. The van der Waals surface area contributed by atoms with Crippen molar-refractivity contribution in [3.8, 4) is 0 Å². The Labute approximate surface area is 543 Å². The second-order valence-corrected chi connectivity index (χ2v) is 28.2. The van der Waals surface area contributed by atoms with Crippen molar-refractivity contribution in [1.82, 2.24) is 55.6 Å². The lowest BCUT2D eigenvalue weighted by Gasteiger charge is -2.41. The Morgan fingerprint density at radius 1 is 0.467 bits per heavy atom. The second-order valence-electron chi connectivity index (χ2n) is 27.1. The molecule has 1 rings (SSSR count). The van der Waals surface area contributed by atoms with Gasteiger partial charge in [0.1, 0.15) is 66.5 Å². The highest BCUT2D eigenvalue weighted by molar-refractivity contribution is 7.99. The summed E-state index contributed by atoms with van der Waals surface area (Å²) in [6.07, 6.45) is 4.60. The minimum atomic E-state index is -1.63. The van der Waals surface area contributed by atoms with Crippen molar-refractivity contribution < 1.29 is 57.8 Å². The van der Waals surface area contributed by atoms with Gasteiger partial charge in [-0.05, 0) is 101 Å². The molecule has 5 N–H and O–H groups in total.